The Balaban J connectivity index is 1.44. The van der Waals surface area contributed by atoms with Crippen LogP contribution in [-0.4, -0.2) is 30.0 Å². The van der Waals surface area contributed by atoms with E-state index in [1.54, 1.807) is 17.0 Å². The number of hydrogen-bond donors (Lipinski definition) is 1. The van der Waals surface area contributed by atoms with Gasteiger partial charge >= 0.3 is 12.0 Å². The van der Waals surface area contributed by atoms with Gasteiger partial charge in [0, 0.05) is 18.8 Å². The number of ether oxygens (including phenoxy) is 1. The Morgan fingerprint density at radius 1 is 1.08 bits per heavy atom. The second-order valence-corrected chi connectivity index (χ2v) is 6.30. The van der Waals surface area contributed by atoms with Crippen LogP contribution in [0.5, 0.6) is 0 Å². The summed E-state index contributed by atoms with van der Waals surface area (Å²) in [7, 11) is 0. The number of nitrogens with one attached hydrogen (secondary N) is 1. The first kappa shape index (κ1) is 17.9. The molecule has 1 fully saturated rings. The maximum absolute atomic E-state index is 13.1. The second kappa shape index (κ2) is 8.47. The Kier molecular flexibility index (Phi) is 5.84. The first-order valence-electron chi connectivity index (χ1n) is 8.64. The minimum Gasteiger partial charge on any atom is -0.461 e. The lowest BCUT2D eigenvalue weighted by atomic mass is 9.97. The largest absolute Gasteiger partial charge is 0.461 e. The number of halogens is 1. The van der Waals surface area contributed by atoms with Crippen molar-refractivity contribution < 1.29 is 18.7 Å². The number of rotatable bonds is 4. The Labute approximate surface area is 151 Å². The maximum Gasteiger partial charge on any atom is 0.321 e. The Morgan fingerprint density at radius 2 is 1.81 bits per heavy atom. The van der Waals surface area contributed by atoms with Crippen molar-refractivity contribution >= 4 is 17.7 Å². The SMILES string of the molecule is O=C(OCc1cccc(F)c1)C1CCN(C(=O)Nc2ccccc2)CC1. The number of amides is 2. The van der Waals surface area contributed by atoms with Gasteiger partial charge in [0.05, 0.1) is 5.92 Å². The molecule has 0 bridgehead atoms. The van der Waals surface area contributed by atoms with Crippen molar-refractivity contribution in [3.05, 3.63) is 66.0 Å². The van der Waals surface area contributed by atoms with Crippen molar-refractivity contribution in [3.63, 3.8) is 0 Å². The van der Waals surface area contributed by atoms with Crippen LogP contribution in [0.2, 0.25) is 0 Å². The van der Waals surface area contributed by atoms with Gasteiger partial charge in [0.15, 0.2) is 0 Å². The number of benzene rings is 2. The summed E-state index contributed by atoms with van der Waals surface area (Å²) < 4.78 is 18.4. The molecule has 0 aromatic heterocycles. The number of likely N-dealkylation sites (tertiary alicyclic amines) is 1. The molecule has 6 heteroatoms. The third kappa shape index (κ3) is 4.81. The lowest BCUT2D eigenvalue weighted by Gasteiger charge is -2.31. The molecule has 0 radical (unpaired) electrons. The third-order valence-corrected chi connectivity index (χ3v) is 4.41. The quantitative estimate of drug-likeness (QED) is 0.848. The van der Waals surface area contributed by atoms with Crippen LogP contribution >= 0.6 is 0 Å². The summed E-state index contributed by atoms with van der Waals surface area (Å²) in [6, 6.07) is 15.1. The van der Waals surface area contributed by atoms with Gasteiger partial charge in [0.2, 0.25) is 0 Å². The Bertz CT molecular complexity index is 759. The maximum atomic E-state index is 13.1. The van der Waals surface area contributed by atoms with Crippen molar-refractivity contribution in [2.75, 3.05) is 18.4 Å². The van der Waals surface area contributed by atoms with Crippen LogP contribution in [0.15, 0.2) is 54.6 Å². The van der Waals surface area contributed by atoms with Crippen molar-refractivity contribution in [1.82, 2.24) is 4.90 Å². The molecule has 136 valence electrons. The average molecular weight is 356 g/mol. The van der Waals surface area contributed by atoms with E-state index in [1.165, 1.54) is 12.1 Å². The summed E-state index contributed by atoms with van der Waals surface area (Å²) in [4.78, 5) is 26.1. The summed E-state index contributed by atoms with van der Waals surface area (Å²) in [5, 5.41) is 2.84. The molecule has 1 aliphatic heterocycles. The van der Waals surface area contributed by atoms with Gasteiger partial charge in [0.1, 0.15) is 12.4 Å². The molecular formula is C20H21FN2O3. The number of piperidine rings is 1. The highest BCUT2D eigenvalue weighted by Gasteiger charge is 2.28. The van der Waals surface area contributed by atoms with Gasteiger partial charge in [-0.3, -0.25) is 4.79 Å². The van der Waals surface area contributed by atoms with Crippen LogP contribution in [0.25, 0.3) is 0 Å². The van der Waals surface area contributed by atoms with Gasteiger partial charge in [-0.05, 0) is 42.7 Å². The first-order valence-corrected chi connectivity index (χ1v) is 8.64. The number of anilines is 1. The number of urea groups is 1. The van der Waals surface area contributed by atoms with E-state index < -0.39 is 0 Å². The lowest BCUT2D eigenvalue weighted by molar-refractivity contribution is -0.151. The summed E-state index contributed by atoms with van der Waals surface area (Å²) in [6.07, 6.45) is 1.12. The summed E-state index contributed by atoms with van der Waals surface area (Å²) >= 11 is 0. The van der Waals surface area contributed by atoms with E-state index in [1.807, 2.05) is 30.3 Å². The molecule has 0 aliphatic carbocycles. The van der Waals surface area contributed by atoms with E-state index >= 15 is 0 Å². The summed E-state index contributed by atoms with van der Waals surface area (Å²) in [6.45, 7) is 1.06. The van der Waals surface area contributed by atoms with E-state index in [9.17, 15) is 14.0 Å². The van der Waals surface area contributed by atoms with Crippen LogP contribution < -0.4 is 5.32 Å². The highest BCUT2D eigenvalue weighted by Crippen LogP contribution is 2.20. The highest BCUT2D eigenvalue weighted by atomic mass is 19.1. The first-order chi connectivity index (χ1) is 12.6. The number of carbonyl (C=O) groups excluding carboxylic acids is 2. The molecule has 1 heterocycles. The normalized spacial score (nSPS) is 14.7. The predicted molar refractivity (Wildman–Crippen MR) is 96.0 cm³/mol. The van der Waals surface area contributed by atoms with E-state index in [2.05, 4.69) is 5.32 Å². The van der Waals surface area contributed by atoms with Crippen LogP contribution in [0.3, 0.4) is 0 Å². The van der Waals surface area contributed by atoms with Crippen molar-refractivity contribution in [2.45, 2.75) is 19.4 Å². The Hall–Kier alpha value is -2.89. The molecule has 5 nitrogen and oxygen atoms in total. The molecule has 0 unspecified atom stereocenters. The number of para-hydroxylation sites is 1. The van der Waals surface area contributed by atoms with Gasteiger partial charge in [0.25, 0.3) is 0 Å². The van der Waals surface area contributed by atoms with Crippen LogP contribution in [-0.2, 0) is 16.1 Å². The van der Waals surface area contributed by atoms with E-state index in [0.717, 1.165) is 5.69 Å². The predicted octanol–water partition coefficient (Wildman–Crippen LogP) is 3.81. The lowest BCUT2D eigenvalue weighted by Crippen LogP contribution is -2.42. The number of nitrogens with zero attached hydrogens (tertiary/aromatic N) is 1. The third-order valence-electron chi connectivity index (χ3n) is 4.41. The molecular weight excluding hydrogens is 335 g/mol. The topological polar surface area (TPSA) is 58.6 Å². The van der Waals surface area contributed by atoms with Crippen LogP contribution in [0, 0.1) is 11.7 Å². The molecule has 26 heavy (non-hydrogen) atoms. The zero-order chi connectivity index (χ0) is 18.4. The minimum absolute atomic E-state index is 0.0608. The smallest absolute Gasteiger partial charge is 0.321 e. The van der Waals surface area contributed by atoms with E-state index in [4.69, 9.17) is 4.74 Å². The number of esters is 1. The molecule has 2 aromatic rings. The Morgan fingerprint density at radius 3 is 2.50 bits per heavy atom. The fourth-order valence-electron chi connectivity index (χ4n) is 2.94. The molecule has 3 rings (SSSR count). The molecule has 0 atom stereocenters. The molecule has 1 saturated heterocycles. The van der Waals surface area contributed by atoms with Gasteiger partial charge in [-0.1, -0.05) is 30.3 Å². The molecule has 2 aromatic carbocycles. The summed E-state index contributed by atoms with van der Waals surface area (Å²) in [5.41, 5.74) is 1.37. The monoisotopic (exact) mass is 356 g/mol. The highest BCUT2D eigenvalue weighted by molar-refractivity contribution is 5.89. The van der Waals surface area contributed by atoms with Gasteiger partial charge in [-0.15, -0.1) is 0 Å². The van der Waals surface area contributed by atoms with Crippen molar-refractivity contribution in [3.8, 4) is 0 Å². The second-order valence-electron chi connectivity index (χ2n) is 6.30. The van der Waals surface area contributed by atoms with Crippen LogP contribution in [0.1, 0.15) is 18.4 Å². The zero-order valence-electron chi connectivity index (χ0n) is 14.4. The molecule has 1 aliphatic rings. The number of hydrogen-bond acceptors (Lipinski definition) is 3. The molecule has 0 spiro atoms. The minimum atomic E-state index is -0.351. The fraction of sp³-hybridized carbons (Fsp3) is 0.300. The van der Waals surface area contributed by atoms with E-state index in [0.29, 0.717) is 31.5 Å². The van der Waals surface area contributed by atoms with Gasteiger partial charge in [-0.2, -0.15) is 0 Å². The summed E-state index contributed by atoms with van der Waals surface area (Å²) in [5.74, 6) is -0.877. The van der Waals surface area contributed by atoms with Crippen molar-refractivity contribution in [1.29, 1.82) is 0 Å². The van der Waals surface area contributed by atoms with Crippen LogP contribution in [0.4, 0.5) is 14.9 Å². The van der Waals surface area contributed by atoms with Gasteiger partial charge in [-0.25, -0.2) is 9.18 Å². The molecule has 2 amide bonds. The fourth-order valence-corrected chi connectivity index (χ4v) is 2.94. The number of carbonyl (C=O) groups is 2. The molecule has 0 saturated carbocycles. The zero-order valence-corrected chi connectivity index (χ0v) is 14.4. The standard InChI is InChI=1S/C20H21FN2O3/c21-17-6-4-5-15(13-17)14-26-19(24)16-9-11-23(12-10-16)20(25)22-18-7-2-1-3-8-18/h1-8,13,16H,9-12,14H2,(H,22,25). The van der Waals surface area contributed by atoms with Gasteiger partial charge < -0.3 is 15.0 Å². The average Bonchev–Trinajstić information content (AvgIpc) is 2.67. The van der Waals surface area contributed by atoms with E-state index in [-0.39, 0.29) is 30.3 Å². The molecule has 1 N–H and O–H groups in total. The van der Waals surface area contributed by atoms with Crippen molar-refractivity contribution in [2.24, 2.45) is 5.92 Å².